The number of nitrogens with one attached hydrogen (secondary N) is 1. The molecule has 1 amide bonds. The van der Waals surface area contributed by atoms with E-state index in [1.165, 1.54) is 0 Å². The van der Waals surface area contributed by atoms with Crippen LogP contribution in [0.4, 0.5) is 0 Å². The fraction of sp³-hybridized carbons (Fsp3) is 0.538. The van der Waals surface area contributed by atoms with Gasteiger partial charge in [0.1, 0.15) is 0 Å². The third kappa shape index (κ3) is 6.23. The molecule has 4 nitrogen and oxygen atoms in total. The number of pyridine rings is 1. The highest BCUT2D eigenvalue weighted by Gasteiger charge is 2.28. The molecule has 0 aromatic carbocycles. The summed E-state index contributed by atoms with van der Waals surface area (Å²) in [5.74, 6) is -0.131. The van der Waals surface area contributed by atoms with E-state index in [4.69, 9.17) is 5.73 Å². The summed E-state index contributed by atoms with van der Waals surface area (Å²) in [7, 11) is 0. The molecule has 0 unspecified atom stereocenters. The van der Waals surface area contributed by atoms with Gasteiger partial charge in [-0.05, 0) is 24.0 Å². The van der Waals surface area contributed by atoms with Crippen LogP contribution in [0, 0.1) is 5.41 Å². The Kier molecular flexibility index (Phi) is 9.00. The van der Waals surface area contributed by atoms with Crippen LogP contribution in [0.2, 0.25) is 0 Å². The minimum absolute atomic E-state index is 0. The number of aromatic nitrogens is 1. The van der Waals surface area contributed by atoms with Crippen LogP contribution in [0.5, 0.6) is 0 Å². The number of hydrogen-bond acceptors (Lipinski definition) is 3. The molecule has 0 saturated heterocycles. The molecule has 0 aliphatic rings. The van der Waals surface area contributed by atoms with Gasteiger partial charge in [0.25, 0.3) is 0 Å². The van der Waals surface area contributed by atoms with Crippen LogP contribution in [-0.4, -0.2) is 16.9 Å². The molecule has 1 heterocycles. The highest BCUT2D eigenvalue weighted by molar-refractivity contribution is 5.85. The number of amides is 1. The normalized spacial score (nSPS) is 13.5. The van der Waals surface area contributed by atoms with E-state index in [0.29, 0.717) is 0 Å². The molecule has 0 bridgehead atoms. The van der Waals surface area contributed by atoms with Gasteiger partial charge in [0.2, 0.25) is 5.91 Å². The Labute approximate surface area is 127 Å². The van der Waals surface area contributed by atoms with E-state index >= 15 is 0 Å². The smallest absolute Gasteiger partial charge is 0.237 e. The van der Waals surface area contributed by atoms with E-state index in [2.05, 4.69) is 10.3 Å². The van der Waals surface area contributed by atoms with Gasteiger partial charge >= 0.3 is 0 Å². The standard InChI is InChI=1S/C13H21N3O.2ClH/c1-9(10-6-5-7-15-8-10)16-12(17)11(14)13(2,3)4;;/h5-9,11H,14H2,1-4H3,(H,16,17);2*1H/t9-,11+;;/m0../s1. The van der Waals surface area contributed by atoms with Crippen LogP contribution in [0.1, 0.15) is 39.3 Å². The van der Waals surface area contributed by atoms with E-state index in [1.807, 2.05) is 39.8 Å². The minimum Gasteiger partial charge on any atom is -0.348 e. The lowest BCUT2D eigenvalue weighted by molar-refractivity contribution is -0.125. The SMILES string of the molecule is C[C@H](NC(=O)[C@@H](N)C(C)(C)C)c1cccnc1.Cl.Cl. The molecular formula is C13H23Cl2N3O. The number of carbonyl (C=O) groups is 1. The summed E-state index contributed by atoms with van der Waals surface area (Å²) in [6.45, 7) is 7.77. The van der Waals surface area contributed by atoms with Crippen LogP contribution in [0.15, 0.2) is 24.5 Å². The first kappa shape index (κ1) is 20.5. The third-order valence-corrected chi connectivity index (χ3v) is 2.76. The van der Waals surface area contributed by atoms with Crippen LogP contribution >= 0.6 is 24.8 Å². The predicted octanol–water partition coefficient (Wildman–Crippen LogP) is 2.48. The fourth-order valence-electron chi connectivity index (χ4n) is 1.41. The zero-order valence-corrected chi connectivity index (χ0v) is 13.3. The average molecular weight is 308 g/mol. The molecular weight excluding hydrogens is 285 g/mol. The molecule has 6 heteroatoms. The molecule has 1 rings (SSSR count). The monoisotopic (exact) mass is 307 g/mol. The summed E-state index contributed by atoms with van der Waals surface area (Å²) in [6.07, 6.45) is 3.45. The number of carbonyl (C=O) groups excluding carboxylic acids is 1. The van der Waals surface area contributed by atoms with Crippen LogP contribution in [0.3, 0.4) is 0 Å². The first-order valence-corrected chi connectivity index (χ1v) is 5.78. The molecule has 2 atom stereocenters. The molecule has 0 radical (unpaired) electrons. The van der Waals surface area contributed by atoms with Crippen molar-refractivity contribution in [3.63, 3.8) is 0 Å². The Morgan fingerprint density at radius 3 is 2.37 bits per heavy atom. The summed E-state index contributed by atoms with van der Waals surface area (Å²) < 4.78 is 0. The Morgan fingerprint density at radius 2 is 1.95 bits per heavy atom. The Morgan fingerprint density at radius 1 is 1.37 bits per heavy atom. The molecule has 110 valence electrons. The summed E-state index contributed by atoms with van der Waals surface area (Å²) in [5.41, 5.74) is 6.63. The molecule has 3 N–H and O–H groups in total. The maximum atomic E-state index is 11.9. The maximum absolute atomic E-state index is 11.9. The van der Waals surface area contributed by atoms with E-state index in [0.717, 1.165) is 5.56 Å². The molecule has 0 saturated carbocycles. The summed E-state index contributed by atoms with van der Waals surface area (Å²) in [4.78, 5) is 15.9. The van der Waals surface area contributed by atoms with Gasteiger partial charge in [-0.1, -0.05) is 26.8 Å². The highest BCUT2D eigenvalue weighted by Crippen LogP contribution is 2.18. The molecule has 1 aromatic heterocycles. The highest BCUT2D eigenvalue weighted by atomic mass is 35.5. The summed E-state index contributed by atoms with van der Waals surface area (Å²) in [6, 6.07) is 3.19. The average Bonchev–Trinajstić information content (AvgIpc) is 2.27. The Balaban J connectivity index is 0. The van der Waals surface area contributed by atoms with Gasteiger partial charge < -0.3 is 11.1 Å². The predicted molar refractivity (Wildman–Crippen MR) is 82.7 cm³/mol. The van der Waals surface area contributed by atoms with Gasteiger partial charge in [-0.2, -0.15) is 0 Å². The van der Waals surface area contributed by atoms with Crippen molar-refractivity contribution in [2.24, 2.45) is 11.1 Å². The first-order chi connectivity index (χ1) is 7.82. The quantitative estimate of drug-likeness (QED) is 0.901. The molecule has 0 fully saturated rings. The zero-order valence-electron chi connectivity index (χ0n) is 11.7. The van der Waals surface area contributed by atoms with E-state index in [-0.39, 0.29) is 42.2 Å². The number of halogens is 2. The van der Waals surface area contributed by atoms with Gasteiger partial charge in [-0.25, -0.2) is 0 Å². The van der Waals surface area contributed by atoms with Gasteiger partial charge in [0, 0.05) is 12.4 Å². The van der Waals surface area contributed by atoms with Crippen molar-refractivity contribution >= 4 is 30.7 Å². The van der Waals surface area contributed by atoms with Crippen molar-refractivity contribution in [3.05, 3.63) is 30.1 Å². The summed E-state index contributed by atoms with van der Waals surface area (Å²) in [5, 5.41) is 2.90. The van der Waals surface area contributed by atoms with Gasteiger partial charge in [0.05, 0.1) is 12.1 Å². The van der Waals surface area contributed by atoms with Crippen LogP contribution < -0.4 is 11.1 Å². The fourth-order valence-corrected chi connectivity index (χ4v) is 1.41. The molecule has 0 spiro atoms. The largest absolute Gasteiger partial charge is 0.348 e. The van der Waals surface area contributed by atoms with Crippen LogP contribution in [0.25, 0.3) is 0 Å². The van der Waals surface area contributed by atoms with Crippen molar-refractivity contribution in [1.29, 1.82) is 0 Å². The van der Waals surface area contributed by atoms with Crippen molar-refractivity contribution in [2.45, 2.75) is 39.8 Å². The summed E-state index contributed by atoms with van der Waals surface area (Å²) >= 11 is 0. The third-order valence-electron chi connectivity index (χ3n) is 2.76. The van der Waals surface area contributed by atoms with Gasteiger partial charge in [-0.15, -0.1) is 24.8 Å². The number of nitrogens with zero attached hydrogens (tertiary/aromatic N) is 1. The lowest BCUT2D eigenvalue weighted by atomic mass is 9.87. The number of hydrogen-bond donors (Lipinski definition) is 2. The first-order valence-electron chi connectivity index (χ1n) is 5.78. The lowest BCUT2D eigenvalue weighted by Crippen LogP contribution is -2.49. The lowest BCUT2D eigenvalue weighted by Gasteiger charge is -2.27. The second-order valence-corrected chi connectivity index (χ2v) is 5.36. The van der Waals surface area contributed by atoms with Crippen molar-refractivity contribution in [2.75, 3.05) is 0 Å². The number of rotatable bonds is 3. The Hall–Kier alpha value is -0.840. The van der Waals surface area contributed by atoms with E-state index in [9.17, 15) is 4.79 Å². The second-order valence-electron chi connectivity index (χ2n) is 5.36. The van der Waals surface area contributed by atoms with Crippen LogP contribution in [-0.2, 0) is 4.79 Å². The van der Waals surface area contributed by atoms with E-state index < -0.39 is 6.04 Å². The Bertz CT molecular complexity index is 379. The zero-order chi connectivity index (χ0) is 13.1. The maximum Gasteiger partial charge on any atom is 0.237 e. The van der Waals surface area contributed by atoms with Gasteiger partial charge in [-0.3, -0.25) is 9.78 Å². The number of nitrogens with two attached hydrogens (primary N) is 1. The van der Waals surface area contributed by atoms with Crippen molar-refractivity contribution in [3.8, 4) is 0 Å². The van der Waals surface area contributed by atoms with E-state index in [1.54, 1.807) is 12.4 Å². The molecule has 1 aromatic rings. The van der Waals surface area contributed by atoms with Crippen molar-refractivity contribution in [1.82, 2.24) is 10.3 Å². The molecule has 19 heavy (non-hydrogen) atoms. The molecule has 0 aliphatic heterocycles. The molecule has 0 aliphatic carbocycles. The topological polar surface area (TPSA) is 68.0 Å². The van der Waals surface area contributed by atoms with Crippen molar-refractivity contribution < 1.29 is 4.79 Å². The second kappa shape index (κ2) is 8.35. The van der Waals surface area contributed by atoms with Gasteiger partial charge in [0.15, 0.2) is 0 Å². The minimum atomic E-state index is -0.512.